The molecule has 0 aliphatic heterocycles. The van der Waals surface area contributed by atoms with Crippen molar-refractivity contribution in [2.24, 2.45) is 0 Å². The minimum atomic E-state index is 0.603. The number of hydrogen-bond acceptors (Lipinski definition) is 6. The Hall–Kier alpha value is -5.72. The van der Waals surface area contributed by atoms with Crippen LogP contribution in [0.2, 0.25) is 0 Å². The average Bonchev–Trinajstić information content (AvgIpc) is 3.71. The highest BCUT2D eigenvalue weighted by Crippen LogP contribution is 2.41. The minimum Gasteiger partial charge on any atom is -0.435 e. The number of benzene rings is 6. The van der Waals surface area contributed by atoms with Crippen LogP contribution in [0.25, 0.3) is 87.7 Å². The molecule has 3 aromatic heterocycles. The second-order valence-electron chi connectivity index (χ2n) is 10.7. The second kappa shape index (κ2) is 9.93. The predicted octanol–water partition coefficient (Wildman–Crippen LogP) is 10.2. The summed E-state index contributed by atoms with van der Waals surface area (Å²) in [6.07, 6.45) is 0. The minimum absolute atomic E-state index is 0.603. The first-order chi connectivity index (χ1) is 21.8. The van der Waals surface area contributed by atoms with Crippen molar-refractivity contribution in [3.8, 4) is 45.6 Å². The lowest BCUT2D eigenvalue weighted by atomic mass is 10.1. The molecule has 0 aliphatic rings. The number of oxazole rings is 1. The summed E-state index contributed by atoms with van der Waals surface area (Å²) in [6.45, 7) is 0. The lowest BCUT2D eigenvalue weighted by Crippen LogP contribution is -2.00. The molecule has 0 saturated carbocycles. The van der Waals surface area contributed by atoms with E-state index in [1.807, 2.05) is 66.7 Å². The Labute approximate surface area is 256 Å². The molecule has 0 bridgehead atoms. The van der Waals surface area contributed by atoms with Gasteiger partial charge in [-0.1, -0.05) is 109 Å². The van der Waals surface area contributed by atoms with Crippen LogP contribution >= 0.6 is 11.3 Å². The van der Waals surface area contributed by atoms with Crippen LogP contribution in [0.5, 0.6) is 0 Å². The van der Waals surface area contributed by atoms with Gasteiger partial charge in [-0.2, -0.15) is 0 Å². The van der Waals surface area contributed by atoms with Crippen LogP contribution in [-0.2, 0) is 0 Å². The van der Waals surface area contributed by atoms with Crippen molar-refractivity contribution in [2.45, 2.75) is 0 Å². The highest BCUT2D eigenvalue weighted by atomic mass is 32.1. The molecule has 0 saturated heterocycles. The van der Waals surface area contributed by atoms with Gasteiger partial charge in [-0.05, 0) is 29.7 Å². The standard InChI is InChI=1S/C38H22N4OS/c1-3-10-24(11-4-1)35-40-36(25-12-5-2-6-13-25)42-37(41-35)26-19-18-23-20-21-31-33(30(23)22-26)43-38(39-31)29-16-9-15-28-27-14-7-8-17-32(27)44-34(28)29/h1-22H. The third-order valence-corrected chi connectivity index (χ3v) is 9.18. The number of thiophene rings is 1. The summed E-state index contributed by atoms with van der Waals surface area (Å²) < 4.78 is 9.02. The maximum atomic E-state index is 6.59. The molecular formula is C38H22N4OS. The van der Waals surface area contributed by atoms with Gasteiger partial charge in [0.2, 0.25) is 5.89 Å². The van der Waals surface area contributed by atoms with Gasteiger partial charge >= 0.3 is 0 Å². The van der Waals surface area contributed by atoms with Crippen LogP contribution in [0.4, 0.5) is 0 Å². The van der Waals surface area contributed by atoms with E-state index < -0.39 is 0 Å². The van der Waals surface area contributed by atoms with Crippen LogP contribution in [-0.4, -0.2) is 19.9 Å². The molecule has 0 radical (unpaired) electrons. The van der Waals surface area contributed by atoms with E-state index >= 15 is 0 Å². The van der Waals surface area contributed by atoms with E-state index in [1.165, 1.54) is 20.2 Å². The average molecular weight is 583 g/mol. The highest BCUT2D eigenvalue weighted by Gasteiger charge is 2.18. The topological polar surface area (TPSA) is 64.7 Å². The Bertz CT molecular complexity index is 2440. The molecule has 0 spiro atoms. The Balaban J connectivity index is 1.22. The summed E-state index contributed by atoms with van der Waals surface area (Å²) in [7, 11) is 0. The van der Waals surface area contributed by atoms with Gasteiger partial charge in [-0.3, -0.25) is 0 Å². The predicted molar refractivity (Wildman–Crippen MR) is 180 cm³/mol. The molecule has 0 atom stereocenters. The number of aromatic nitrogens is 4. The van der Waals surface area contributed by atoms with E-state index in [9.17, 15) is 0 Å². The van der Waals surface area contributed by atoms with E-state index in [0.717, 1.165) is 44.1 Å². The number of nitrogens with zero attached hydrogens (tertiary/aromatic N) is 4. The van der Waals surface area contributed by atoms with Crippen LogP contribution in [0.1, 0.15) is 0 Å². The van der Waals surface area contributed by atoms with Crippen molar-refractivity contribution in [3.05, 3.63) is 133 Å². The zero-order valence-corrected chi connectivity index (χ0v) is 24.1. The first kappa shape index (κ1) is 24.8. The van der Waals surface area contributed by atoms with E-state index in [0.29, 0.717) is 23.4 Å². The maximum Gasteiger partial charge on any atom is 0.228 e. The van der Waals surface area contributed by atoms with Crippen LogP contribution < -0.4 is 0 Å². The Kier molecular flexibility index (Phi) is 5.61. The fourth-order valence-corrected chi connectivity index (χ4v) is 7.02. The van der Waals surface area contributed by atoms with Crippen molar-refractivity contribution >= 4 is 53.4 Å². The maximum absolute atomic E-state index is 6.59. The van der Waals surface area contributed by atoms with Gasteiger partial charge < -0.3 is 4.42 Å². The number of hydrogen-bond donors (Lipinski definition) is 0. The zero-order chi connectivity index (χ0) is 29.0. The van der Waals surface area contributed by atoms with Crippen LogP contribution in [0.15, 0.2) is 138 Å². The first-order valence-corrected chi connectivity index (χ1v) is 15.2. The van der Waals surface area contributed by atoms with Gasteiger partial charge in [0.1, 0.15) is 5.52 Å². The normalized spacial score (nSPS) is 11.6. The molecule has 3 heterocycles. The molecule has 9 aromatic rings. The van der Waals surface area contributed by atoms with Crippen molar-refractivity contribution in [2.75, 3.05) is 0 Å². The van der Waals surface area contributed by atoms with Crippen molar-refractivity contribution in [3.63, 3.8) is 0 Å². The third kappa shape index (κ3) is 4.07. The third-order valence-electron chi connectivity index (χ3n) is 7.96. The molecule has 6 aromatic carbocycles. The second-order valence-corrected chi connectivity index (χ2v) is 11.7. The smallest absolute Gasteiger partial charge is 0.228 e. The molecule has 0 unspecified atom stereocenters. The summed E-state index contributed by atoms with van der Waals surface area (Å²) in [6, 6.07) is 45.3. The van der Waals surface area contributed by atoms with Gasteiger partial charge in [0.15, 0.2) is 23.1 Å². The Morgan fingerprint density at radius 1 is 0.477 bits per heavy atom. The Morgan fingerprint density at radius 3 is 1.86 bits per heavy atom. The summed E-state index contributed by atoms with van der Waals surface area (Å²) in [4.78, 5) is 19.7. The molecule has 206 valence electrons. The zero-order valence-electron chi connectivity index (χ0n) is 23.3. The number of rotatable bonds is 4. The summed E-state index contributed by atoms with van der Waals surface area (Å²) >= 11 is 1.77. The molecule has 0 amide bonds. The fraction of sp³-hybridized carbons (Fsp3) is 0. The number of fused-ring (bicyclic) bond motifs is 6. The molecule has 9 rings (SSSR count). The summed E-state index contributed by atoms with van der Waals surface area (Å²) in [5.41, 5.74) is 5.32. The van der Waals surface area contributed by atoms with Gasteiger partial charge in [-0.25, -0.2) is 19.9 Å². The van der Waals surface area contributed by atoms with Crippen molar-refractivity contribution < 1.29 is 4.42 Å². The molecule has 0 N–H and O–H groups in total. The van der Waals surface area contributed by atoms with E-state index in [-0.39, 0.29) is 0 Å². The van der Waals surface area contributed by atoms with E-state index in [1.54, 1.807) is 11.3 Å². The highest BCUT2D eigenvalue weighted by molar-refractivity contribution is 7.26. The fourth-order valence-electron chi connectivity index (χ4n) is 5.81. The van der Waals surface area contributed by atoms with E-state index in [2.05, 4.69) is 66.7 Å². The molecule has 44 heavy (non-hydrogen) atoms. The van der Waals surface area contributed by atoms with Gasteiger partial charge in [0.05, 0.1) is 5.56 Å². The molecule has 0 aliphatic carbocycles. The monoisotopic (exact) mass is 582 g/mol. The van der Waals surface area contributed by atoms with Gasteiger partial charge in [0.25, 0.3) is 0 Å². The van der Waals surface area contributed by atoms with Crippen molar-refractivity contribution in [1.29, 1.82) is 0 Å². The first-order valence-electron chi connectivity index (χ1n) is 14.4. The van der Waals surface area contributed by atoms with Gasteiger partial charge in [0, 0.05) is 42.2 Å². The largest absolute Gasteiger partial charge is 0.435 e. The van der Waals surface area contributed by atoms with Crippen LogP contribution in [0, 0.1) is 0 Å². The SMILES string of the molecule is c1ccc(-c2nc(-c3ccccc3)nc(-c3ccc4ccc5nc(-c6cccc7c6sc6ccccc67)oc5c4c3)n2)cc1. The lowest BCUT2D eigenvalue weighted by Gasteiger charge is -2.09. The lowest BCUT2D eigenvalue weighted by molar-refractivity contribution is 0.624. The van der Waals surface area contributed by atoms with Crippen LogP contribution in [0.3, 0.4) is 0 Å². The molecular weight excluding hydrogens is 561 g/mol. The molecule has 0 fully saturated rings. The van der Waals surface area contributed by atoms with E-state index in [4.69, 9.17) is 24.4 Å². The summed E-state index contributed by atoms with van der Waals surface area (Å²) in [5, 5.41) is 4.49. The molecule has 5 nitrogen and oxygen atoms in total. The summed E-state index contributed by atoms with van der Waals surface area (Å²) in [5.74, 6) is 2.48. The van der Waals surface area contributed by atoms with Gasteiger partial charge in [-0.15, -0.1) is 11.3 Å². The Morgan fingerprint density at radius 2 is 1.11 bits per heavy atom. The van der Waals surface area contributed by atoms with Crippen molar-refractivity contribution in [1.82, 2.24) is 19.9 Å². The molecule has 6 heteroatoms. The quantitative estimate of drug-likeness (QED) is 0.207.